The van der Waals surface area contributed by atoms with E-state index in [-0.39, 0.29) is 11.8 Å². The van der Waals surface area contributed by atoms with Gasteiger partial charge < -0.3 is 15.1 Å². The van der Waals surface area contributed by atoms with E-state index in [1.807, 2.05) is 13.1 Å². The van der Waals surface area contributed by atoms with Gasteiger partial charge in [0.15, 0.2) is 0 Å². The van der Waals surface area contributed by atoms with Crippen LogP contribution in [0.3, 0.4) is 0 Å². The number of rotatable bonds is 3. The molecule has 1 saturated heterocycles. The standard InChI is InChI=1S/C17H20N4O2/c1-20-7-9-21(10-8-20)16(23)17(5-6-17)15(22)19-14-4-2-3-13(11-14)12-18/h2-4,11H,5-10H2,1H3,(H,19,22). The van der Waals surface area contributed by atoms with Gasteiger partial charge in [0.05, 0.1) is 11.6 Å². The third-order valence-electron chi connectivity index (χ3n) is 4.63. The van der Waals surface area contributed by atoms with Crippen LogP contribution in [0, 0.1) is 16.7 Å². The van der Waals surface area contributed by atoms with Crippen molar-refractivity contribution >= 4 is 17.5 Å². The second-order valence-electron chi connectivity index (χ2n) is 6.32. The van der Waals surface area contributed by atoms with Gasteiger partial charge in [-0.1, -0.05) is 6.07 Å². The molecule has 2 fully saturated rings. The first-order valence-corrected chi connectivity index (χ1v) is 7.85. The summed E-state index contributed by atoms with van der Waals surface area (Å²) in [5.74, 6) is -0.309. The van der Waals surface area contributed by atoms with E-state index in [2.05, 4.69) is 10.2 Å². The molecule has 6 heteroatoms. The monoisotopic (exact) mass is 312 g/mol. The minimum atomic E-state index is -0.904. The number of benzene rings is 1. The minimum absolute atomic E-state index is 0.0560. The average Bonchev–Trinajstić information content (AvgIpc) is 3.37. The topological polar surface area (TPSA) is 76.4 Å². The summed E-state index contributed by atoms with van der Waals surface area (Å²) in [7, 11) is 2.03. The molecule has 0 atom stereocenters. The molecule has 1 N–H and O–H groups in total. The van der Waals surface area contributed by atoms with Gasteiger partial charge in [-0.25, -0.2) is 0 Å². The van der Waals surface area contributed by atoms with Crippen LogP contribution in [-0.4, -0.2) is 54.8 Å². The van der Waals surface area contributed by atoms with E-state index in [9.17, 15) is 9.59 Å². The molecule has 2 amide bonds. The van der Waals surface area contributed by atoms with Crippen LogP contribution in [0.4, 0.5) is 5.69 Å². The highest BCUT2D eigenvalue weighted by atomic mass is 16.2. The van der Waals surface area contributed by atoms with Crippen molar-refractivity contribution in [1.82, 2.24) is 9.80 Å². The molecular formula is C17H20N4O2. The van der Waals surface area contributed by atoms with Crippen LogP contribution in [-0.2, 0) is 9.59 Å². The molecule has 0 aromatic heterocycles. The van der Waals surface area contributed by atoms with E-state index in [0.717, 1.165) is 13.1 Å². The highest BCUT2D eigenvalue weighted by molar-refractivity contribution is 6.13. The third kappa shape index (κ3) is 3.06. The molecule has 2 aliphatic rings. The molecule has 1 aliphatic carbocycles. The van der Waals surface area contributed by atoms with Crippen molar-refractivity contribution in [2.45, 2.75) is 12.8 Å². The lowest BCUT2D eigenvalue weighted by Gasteiger charge is -2.34. The summed E-state index contributed by atoms with van der Waals surface area (Å²) < 4.78 is 0. The first-order chi connectivity index (χ1) is 11.0. The van der Waals surface area contributed by atoms with E-state index in [1.165, 1.54) is 0 Å². The van der Waals surface area contributed by atoms with Crippen LogP contribution in [0.25, 0.3) is 0 Å². The number of piperazine rings is 1. The molecule has 1 aromatic carbocycles. The zero-order valence-corrected chi connectivity index (χ0v) is 13.2. The molecule has 1 aliphatic heterocycles. The molecule has 1 heterocycles. The Morgan fingerprint density at radius 3 is 2.52 bits per heavy atom. The van der Waals surface area contributed by atoms with E-state index < -0.39 is 5.41 Å². The molecular weight excluding hydrogens is 292 g/mol. The Kier molecular flexibility index (Phi) is 4.05. The van der Waals surface area contributed by atoms with Crippen molar-refractivity contribution in [1.29, 1.82) is 5.26 Å². The number of nitriles is 1. The maximum absolute atomic E-state index is 12.7. The molecule has 6 nitrogen and oxygen atoms in total. The summed E-state index contributed by atoms with van der Waals surface area (Å²) in [5, 5.41) is 11.7. The SMILES string of the molecule is CN1CCN(C(=O)C2(C(=O)Nc3cccc(C#N)c3)CC2)CC1. The number of hydrogen-bond acceptors (Lipinski definition) is 4. The number of hydrogen-bond donors (Lipinski definition) is 1. The van der Waals surface area contributed by atoms with Crippen molar-refractivity contribution in [2.24, 2.45) is 5.41 Å². The van der Waals surface area contributed by atoms with Crippen LogP contribution in [0.15, 0.2) is 24.3 Å². The van der Waals surface area contributed by atoms with Gasteiger partial charge in [-0.15, -0.1) is 0 Å². The van der Waals surface area contributed by atoms with Gasteiger partial charge in [-0.3, -0.25) is 9.59 Å². The first kappa shape index (κ1) is 15.5. The van der Waals surface area contributed by atoms with E-state index in [0.29, 0.717) is 37.2 Å². The molecule has 120 valence electrons. The molecule has 1 aromatic rings. The summed E-state index contributed by atoms with van der Waals surface area (Å²) in [6.45, 7) is 3.03. The van der Waals surface area contributed by atoms with Crippen molar-refractivity contribution in [3.63, 3.8) is 0 Å². The Morgan fingerprint density at radius 1 is 1.22 bits per heavy atom. The summed E-state index contributed by atoms with van der Waals surface area (Å²) in [6, 6.07) is 8.79. The smallest absolute Gasteiger partial charge is 0.240 e. The summed E-state index contributed by atoms with van der Waals surface area (Å²) in [5.41, 5.74) is 0.142. The summed E-state index contributed by atoms with van der Waals surface area (Å²) >= 11 is 0. The van der Waals surface area contributed by atoms with Crippen LogP contribution in [0.2, 0.25) is 0 Å². The first-order valence-electron chi connectivity index (χ1n) is 7.85. The average molecular weight is 312 g/mol. The fourth-order valence-electron chi connectivity index (χ4n) is 2.89. The molecule has 0 unspecified atom stereocenters. The lowest BCUT2D eigenvalue weighted by atomic mass is 10.0. The van der Waals surface area contributed by atoms with Gasteiger partial charge in [0, 0.05) is 31.9 Å². The molecule has 3 rings (SSSR count). The third-order valence-corrected chi connectivity index (χ3v) is 4.63. The van der Waals surface area contributed by atoms with Crippen LogP contribution in [0.5, 0.6) is 0 Å². The Labute approximate surface area is 135 Å². The second kappa shape index (κ2) is 6.01. The van der Waals surface area contributed by atoms with Gasteiger partial charge >= 0.3 is 0 Å². The number of nitrogens with one attached hydrogen (secondary N) is 1. The van der Waals surface area contributed by atoms with Crippen LogP contribution >= 0.6 is 0 Å². The maximum Gasteiger partial charge on any atom is 0.240 e. The van der Waals surface area contributed by atoms with Crippen molar-refractivity contribution < 1.29 is 9.59 Å². The molecule has 23 heavy (non-hydrogen) atoms. The number of likely N-dealkylation sites (N-methyl/N-ethyl adjacent to an activating group) is 1. The van der Waals surface area contributed by atoms with Gasteiger partial charge in [-0.05, 0) is 38.1 Å². The normalized spacial score (nSPS) is 19.7. The maximum atomic E-state index is 12.7. The predicted octanol–water partition coefficient (Wildman–Crippen LogP) is 1.05. The van der Waals surface area contributed by atoms with Crippen LogP contribution < -0.4 is 5.32 Å². The molecule has 1 saturated carbocycles. The van der Waals surface area contributed by atoms with Gasteiger partial charge in [0.25, 0.3) is 0 Å². The number of carbonyl (C=O) groups excluding carboxylic acids is 2. The fraction of sp³-hybridized carbons (Fsp3) is 0.471. The largest absolute Gasteiger partial charge is 0.339 e. The van der Waals surface area contributed by atoms with Gasteiger partial charge in [-0.2, -0.15) is 5.26 Å². The second-order valence-corrected chi connectivity index (χ2v) is 6.32. The minimum Gasteiger partial charge on any atom is -0.339 e. The lowest BCUT2D eigenvalue weighted by Crippen LogP contribution is -2.51. The summed E-state index contributed by atoms with van der Waals surface area (Å²) in [4.78, 5) is 29.3. The molecule has 0 spiro atoms. The highest BCUT2D eigenvalue weighted by Crippen LogP contribution is 2.48. The van der Waals surface area contributed by atoms with Crippen molar-refractivity contribution in [2.75, 3.05) is 38.5 Å². The highest BCUT2D eigenvalue weighted by Gasteiger charge is 2.58. The van der Waals surface area contributed by atoms with Gasteiger partial charge in [0.2, 0.25) is 11.8 Å². The molecule has 0 radical (unpaired) electrons. The Hall–Kier alpha value is -2.39. The Bertz CT molecular complexity index is 667. The van der Waals surface area contributed by atoms with E-state index in [1.54, 1.807) is 29.2 Å². The van der Waals surface area contributed by atoms with Crippen molar-refractivity contribution in [3.8, 4) is 6.07 Å². The van der Waals surface area contributed by atoms with Crippen molar-refractivity contribution in [3.05, 3.63) is 29.8 Å². The Balaban J connectivity index is 1.68. The number of carbonyl (C=O) groups is 2. The lowest BCUT2D eigenvalue weighted by molar-refractivity contribution is -0.143. The van der Waals surface area contributed by atoms with Crippen LogP contribution in [0.1, 0.15) is 18.4 Å². The summed E-state index contributed by atoms with van der Waals surface area (Å²) in [6.07, 6.45) is 1.20. The zero-order chi connectivity index (χ0) is 16.4. The molecule has 0 bridgehead atoms. The number of nitrogens with zero attached hydrogens (tertiary/aromatic N) is 3. The zero-order valence-electron chi connectivity index (χ0n) is 13.2. The van der Waals surface area contributed by atoms with Gasteiger partial charge in [0.1, 0.15) is 5.41 Å². The Morgan fingerprint density at radius 2 is 1.91 bits per heavy atom. The predicted molar refractivity (Wildman–Crippen MR) is 85.5 cm³/mol. The quantitative estimate of drug-likeness (QED) is 0.847. The fourth-order valence-corrected chi connectivity index (χ4v) is 2.89. The van der Waals surface area contributed by atoms with E-state index in [4.69, 9.17) is 5.26 Å². The van der Waals surface area contributed by atoms with E-state index >= 15 is 0 Å². The number of amides is 2. The number of anilines is 1.